The maximum absolute atomic E-state index is 6.30. The summed E-state index contributed by atoms with van der Waals surface area (Å²) < 4.78 is 5.24. The number of rotatable bonds is 4. The van der Waals surface area contributed by atoms with Gasteiger partial charge in [-0.1, -0.05) is 48.0 Å². The topological polar surface area (TPSA) is 64.9 Å². The molecule has 1 aromatic carbocycles. The van der Waals surface area contributed by atoms with Gasteiger partial charge in [-0.3, -0.25) is 0 Å². The molecular formula is C15H18ClN3OS. The van der Waals surface area contributed by atoms with Gasteiger partial charge >= 0.3 is 0 Å². The number of thioether (sulfide) groups is 1. The highest BCUT2D eigenvalue weighted by molar-refractivity contribution is 8.02. The molecule has 1 aliphatic rings. The zero-order valence-corrected chi connectivity index (χ0v) is 13.2. The molecule has 21 heavy (non-hydrogen) atoms. The molecule has 1 saturated carbocycles. The third-order valence-corrected chi connectivity index (χ3v) is 4.36. The van der Waals surface area contributed by atoms with Crippen molar-refractivity contribution >= 4 is 30.2 Å². The second-order valence-electron chi connectivity index (χ2n) is 5.05. The summed E-state index contributed by atoms with van der Waals surface area (Å²) in [5.41, 5.74) is 5.91. The Morgan fingerprint density at radius 3 is 2.62 bits per heavy atom. The van der Waals surface area contributed by atoms with Crippen LogP contribution < -0.4 is 5.73 Å². The Kier molecular flexibility index (Phi) is 5.45. The number of nitrogens with zero attached hydrogens (tertiary/aromatic N) is 2. The van der Waals surface area contributed by atoms with Crippen LogP contribution in [0.25, 0.3) is 6.08 Å². The first-order valence-electron chi connectivity index (χ1n) is 6.78. The molecule has 112 valence electrons. The molecule has 0 atom stereocenters. The van der Waals surface area contributed by atoms with Crippen LogP contribution in [0.4, 0.5) is 0 Å². The Balaban J connectivity index is 0.00000161. The lowest BCUT2D eigenvalue weighted by Crippen LogP contribution is -2.34. The van der Waals surface area contributed by atoms with Gasteiger partial charge in [-0.15, -0.1) is 12.4 Å². The quantitative estimate of drug-likeness (QED) is 0.862. The molecule has 3 rings (SSSR count). The number of aromatic nitrogens is 2. The van der Waals surface area contributed by atoms with E-state index >= 15 is 0 Å². The molecule has 1 fully saturated rings. The van der Waals surface area contributed by atoms with Crippen molar-refractivity contribution in [3.8, 4) is 0 Å². The van der Waals surface area contributed by atoms with Gasteiger partial charge in [0.2, 0.25) is 0 Å². The van der Waals surface area contributed by atoms with Crippen molar-refractivity contribution in [1.29, 1.82) is 0 Å². The average Bonchev–Trinajstić information content (AvgIpc) is 3.10. The van der Waals surface area contributed by atoms with E-state index in [0.717, 1.165) is 25.7 Å². The largest absolute Gasteiger partial charge is 0.335 e. The van der Waals surface area contributed by atoms with Gasteiger partial charge in [-0.2, -0.15) is 4.98 Å². The molecule has 1 aromatic heterocycles. The Morgan fingerprint density at radius 1 is 1.19 bits per heavy atom. The summed E-state index contributed by atoms with van der Waals surface area (Å²) in [7, 11) is 0. The van der Waals surface area contributed by atoms with Crippen molar-refractivity contribution in [1.82, 2.24) is 10.1 Å². The molecule has 0 bridgehead atoms. The summed E-state index contributed by atoms with van der Waals surface area (Å²) in [5.74, 6) is 1.15. The van der Waals surface area contributed by atoms with Gasteiger partial charge in [-0.05, 0) is 30.4 Å². The van der Waals surface area contributed by atoms with Crippen molar-refractivity contribution in [3.63, 3.8) is 0 Å². The third-order valence-electron chi connectivity index (χ3n) is 3.54. The smallest absolute Gasteiger partial charge is 0.251 e. The van der Waals surface area contributed by atoms with Gasteiger partial charge in [0.15, 0.2) is 5.82 Å². The minimum Gasteiger partial charge on any atom is -0.335 e. The Hall–Kier alpha value is -1.30. The molecule has 0 amide bonds. The molecule has 0 aliphatic heterocycles. The van der Waals surface area contributed by atoms with Crippen LogP contribution in [0.1, 0.15) is 37.4 Å². The number of benzene rings is 1. The van der Waals surface area contributed by atoms with Crippen LogP contribution in [0, 0.1) is 0 Å². The molecule has 2 N–H and O–H groups in total. The summed E-state index contributed by atoms with van der Waals surface area (Å²) in [4.78, 5) is 5.57. The van der Waals surface area contributed by atoms with Crippen molar-refractivity contribution in [2.45, 2.75) is 36.1 Å². The predicted octanol–water partition coefficient (Wildman–Crippen LogP) is 3.98. The van der Waals surface area contributed by atoms with Crippen LogP contribution in [0.3, 0.4) is 0 Å². The van der Waals surface area contributed by atoms with E-state index in [0.29, 0.717) is 11.7 Å². The highest BCUT2D eigenvalue weighted by atomic mass is 35.5. The van der Waals surface area contributed by atoms with Crippen molar-refractivity contribution in [2.75, 3.05) is 0 Å². The molecule has 0 radical (unpaired) electrons. The summed E-state index contributed by atoms with van der Waals surface area (Å²) in [5, 5.41) is 5.97. The van der Waals surface area contributed by atoms with E-state index in [-0.39, 0.29) is 17.9 Å². The van der Waals surface area contributed by atoms with Crippen LogP contribution in [-0.2, 0) is 5.54 Å². The Morgan fingerprint density at radius 2 is 1.90 bits per heavy atom. The van der Waals surface area contributed by atoms with E-state index in [1.54, 1.807) is 11.8 Å². The SMILES string of the molecule is Cl.NC1(c2noc(/C=C/Sc3ccccc3)n2)CCCC1. The predicted molar refractivity (Wildman–Crippen MR) is 87.2 cm³/mol. The minimum atomic E-state index is -0.387. The van der Waals surface area contributed by atoms with Gasteiger partial charge in [0.25, 0.3) is 5.89 Å². The van der Waals surface area contributed by atoms with E-state index in [4.69, 9.17) is 10.3 Å². The van der Waals surface area contributed by atoms with Gasteiger partial charge < -0.3 is 10.3 Å². The second kappa shape index (κ2) is 7.11. The van der Waals surface area contributed by atoms with E-state index in [2.05, 4.69) is 22.3 Å². The van der Waals surface area contributed by atoms with E-state index in [9.17, 15) is 0 Å². The maximum atomic E-state index is 6.30. The van der Waals surface area contributed by atoms with E-state index in [1.807, 2.05) is 29.7 Å². The van der Waals surface area contributed by atoms with Gasteiger partial charge in [0.05, 0.1) is 5.54 Å². The summed E-state index contributed by atoms with van der Waals surface area (Å²) in [6.45, 7) is 0. The zero-order valence-electron chi connectivity index (χ0n) is 11.6. The van der Waals surface area contributed by atoms with E-state index < -0.39 is 0 Å². The molecule has 4 nitrogen and oxygen atoms in total. The van der Waals surface area contributed by atoms with Crippen molar-refractivity contribution < 1.29 is 4.52 Å². The Bertz CT molecular complexity index is 594. The third kappa shape index (κ3) is 3.87. The zero-order chi connectivity index (χ0) is 13.8. The number of halogens is 1. The first kappa shape index (κ1) is 16.1. The second-order valence-corrected chi connectivity index (χ2v) is 6.03. The molecule has 0 spiro atoms. The lowest BCUT2D eigenvalue weighted by atomic mass is 9.99. The van der Waals surface area contributed by atoms with E-state index in [1.165, 1.54) is 4.90 Å². The van der Waals surface area contributed by atoms with Crippen molar-refractivity contribution in [2.24, 2.45) is 5.73 Å². The molecule has 6 heteroatoms. The molecule has 1 aliphatic carbocycles. The summed E-state index contributed by atoms with van der Waals surface area (Å²) in [6, 6.07) is 10.1. The standard InChI is InChI=1S/C15H17N3OS.ClH/c16-15(9-4-5-10-15)14-17-13(19-18-14)8-11-20-12-6-2-1-3-7-12;/h1-3,6-8,11H,4-5,9-10,16H2;1H/b11-8+;. The van der Waals surface area contributed by atoms with Crippen LogP contribution in [0.2, 0.25) is 0 Å². The monoisotopic (exact) mass is 323 g/mol. The van der Waals surface area contributed by atoms with Gasteiger partial charge in [0, 0.05) is 11.0 Å². The normalized spacial score (nSPS) is 17.0. The molecule has 0 saturated heterocycles. The first-order chi connectivity index (χ1) is 9.76. The first-order valence-corrected chi connectivity index (χ1v) is 7.66. The fourth-order valence-electron chi connectivity index (χ4n) is 2.40. The minimum absolute atomic E-state index is 0. The molecule has 0 unspecified atom stereocenters. The number of nitrogens with two attached hydrogens (primary N) is 1. The number of hydrogen-bond donors (Lipinski definition) is 1. The summed E-state index contributed by atoms with van der Waals surface area (Å²) >= 11 is 1.62. The van der Waals surface area contributed by atoms with Crippen LogP contribution in [-0.4, -0.2) is 10.1 Å². The van der Waals surface area contributed by atoms with Crippen molar-refractivity contribution in [3.05, 3.63) is 47.5 Å². The summed E-state index contributed by atoms with van der Waals surface area (Å²) in [6.07, 6.45) is 5.98. The highest BCUT2D eigenvalue weighted by Gasteiger charge is 2.35. The highest BCUT2D eigenvalue weighted by Crippen LogP contribution is 2.34. The average molecular weight is 324 g/mol. The van der Waals surface area contributed by atoms with Crippen LogP contribution in [0.15, 0.2) is 45.2 Å². The lowest BCUT2D eigenvalue weighted by Gasteiger charge is -2.17. The molecular weight excluding hydrogens is 306 g/mol. The number of hydrogen-bond acceptors (Lipinski definition) is 5. The van der Waals surface area contributed by atoms with Crippen LogP contribution >= 0.6 is 24.2 Å². The lowest BCUT2D eigenvalue weighted by molar-refractivity contribution is 0.364. The van der Waals surface area contributed by atoms with Crippen LogP contribution in [0.5, 0.6) is 0 Å². The maximum Gasteiger partial charge on any atom is 0.251 e. The fourth-order valence-corrected chi connectivity index (χ4v) is 3.06. The Labute approximate surface area is 134 Å². The van der Waals surface area contributed by atoms with Gasteiger partial charge in [-0.25, -0.2) is 0 Å². The molecule has 2 aromatic rings. The molecule has 1 heterocycles. The van der Waals surface area contributed by atoms with Gasteiger partial charge in [0.1, 0.15) is 0 Å². The fraction of sp³-hybridized carbons (Fsp3) is 0.333.